The van der Waals surface area contributed by atoms with Gasteiger partial charge in [-0.25, -0.2) is 4.98 Å². The quantitative estimate of drug-likeness (QED) is 0.752. The van der Waals surface area contributed by atoms with E-state index in [4.69, 9.17) is 27.9 Å². The van der Waals surface area contributed by atoms with E-state index >= 15 is 0 Å². The van der Waals surface area contributed by atoms with E-state index in [1.54, 1.807) is 12.1 Å². The third-order valence-corrected chi connectivity index (χ3v) is 3.57. The van der Waals surface area contributed by atoms with Crippen molar-refractivity contribution in [1.29, 1.82) is 0 Å². The van der Waals surface area contributed by atoms with Gasteiger partial charge in [-0.2, -0.15) is 0 Å². The highest BCUT2D eigenvalue weighted by Crippen LogP contribution is 2.25. The number of aryl methyl sites for hydroxylation is 2. The lowest BCUT2D eigenvalue weighted by molar-refractivity contribution is 0.299. The molecule has 100 valence electrons. The molecule has 0 unspecified atom stereocenters. The lowest BCUT2D eigenvalue weighted by Gasteiger charge is -2.12. The number of rotatable bonds is 3. The van der Waals surface area contributed by atoms with E-state index in [0.29, 0.717) is 22.5 Å². The highest BCUT2D eigenvalue weighted by Gasteiger charge is 2.07. The number of ether oxygens (including phenoxy) is 1. The van der Waals surface area contributed by atoms with Gasteiger partial charge in [0.15, 0.2) is 0 Å². The maximum atomic E-state index is 6.06. The number of hydrogen-bond acceptors (Lipinski definition) is 2. The first kappa shape index (κ1) is 14.2. The monoisotopic (exact) mass is 295 g/mol. The Hall–Kier alpha value is -1.25. The second-order valence-corrected chi connectivity index (χ2v) is 5.35. The number of benzene rings is 1. The molecule has 2 rings (SSSR count). The Morgan fingerprint density at radius 3 is 2.58 bits per heavy atom. The average Bonchev–Trinajstić information content (AvgIpc) is 2.35. The van der Waals surface area contributed by atoms with Crippen LogP contribution in [-0.4, -0.2) is 4.98 Å². The molecule has 0 saturated heterocycles. The number of nitrogens with zero attached hydrogens (tertiary/aromatic N) is 1. The van der Waals surface area contributed by atoms with E-state index < -0.39 is 0 Å². The topological polar surface area (TPSA) is 22.1 Å². The van der Waals surface area contributed by atoms with Crippen molar-refractivity contribution < 1.29 is 4.74 Å². The van der Waals surface area contributed by atoms with Crippen LogP contribution in [0, 0.1) is 20.8 Å². The molecule has 4 heteroatoms. The number of hydrogen-bond donors (Lipinski definition) is 0. The minimum atomic E-state index is 0.309. The SMILES string of the molecule is Cc1cc(C)c(C)c(OCc2nc(Cl)ccc2Cl)c1. The van der Waals surface area contributed by atoms with Crippen molar-refractivity contribution in [3.05, 3.63) is 56.8 Å². The number of aromatic nitrogens is 1. The Morgan fingerprint density at radius 2 is 1.84 bits per heavy atom. The predicted molar refractivity (Wildman–Crippen MR) is 79.2 cm³/mol. The molecule has 0 saturated carbocycles. The van der Waals surface area contributed by atoms with Gasteiger partial charge < -0.3 is 4.74 Å². The summed E-state index contributed by atoms with van der Waals surface area (Å²) in [6.45, 7) is 6.46. The molecule has 19 heavy (non-hydrogen) atoms. The van der Waals surface area contributed by atoms with Crippen molar-refractivity contribution >= 4 is 23.2 Å². The van der Waals surface area contributed by atoms with Crippen LogP contribution in [0.3, 0.4) is 0 Å². The van der Waals surface area contributed by atoms with Crippen LogP contribution in [0.1, 0.15) is 22.4 Å². The maximum Gasteiger partial charge on any atom is 0.132 e. The van der Waals surface area contributed by atoms with Crippen LogP contribution in [0.5, 0.6) is 5.75 Å². The Kier molecular flexibility index (Phi) is 4.33. The van der Waals surface area contributed by atoms with Crippen LogP contribution in [0.2, 0.25) is 10.2 Å². The molecule has 0 aliphatic heterocycles. The summed E-state index contributed by atoms with van der Waals surface area (Å²) in [5.74, 6) is 0.857. The molecule has 2 nitrogen and oxygen atoms in total. The first-order valence-electron chi connectivity index (χ1n) is 5.99. The van der Waals surface area contributed by atoms with E-state index in [-0.39, 0.29) is 0 Å². The minimum Gasteiger partial charge on any atom is -0.487 e. The lowest BCUT2D eigenvalue weighted by atomic mass is 10.1. The largest absolute Gasteiger partial charge is 0.487 e. The van der Waals surface area contributed by atoms with Gasteiger partial charge in [-0.05, 0) is 55.7 Å². The summed E-state index contributed by atoms with van der Waals surface area (Å²) in [6, 6.07) is 7.53. The fourth-order valence-electron chi connectivity index (χ4n) is 1.86. The summed E-state index contributed by atoms with van der Waals surface area (Å²) in [5, 5.41) is 0.978. The summed E-state index contributed by atoms with van der Waals surface area (Å²) >= 11 is 11.9. The van der Waals surface area contributed by atoms with Gasteiger partial charge in [0.1, 0.15) is 17.5 Å². The van der Waals surface area contributed by atoms with Crippen molar-refractivity contribution in [2.24, 2.45) is 0 Å². The molecule has 1 aromatic carbocycles. The molecule has 0 aliphatic rings. The van der Waals surface area contributed by atoms with Crippen molar-refractivity contribution in [1.82, 2.24) is 4.98 Å². The zero-order valence-corrected chi connectivity index (χ0v) is 12.6. The van der Waals surface area contributed by atoms with Gasteiger partial charge in [-0.1, -0.05) is 29.3 Å². The van der Waals surface area contributed by atoms with Crippen LogP contribution in [-0.2, 0) is 6.61 Å². The molecular formula is C15H15Cl2NO. The standard InChI is InChI=1S/C15H15Cl2NO/c1-9-6-10(2)11(3)14(7-9)19-8-13-12(16)4-5-15(17)18-13/h4-7H,8H2,1-3H3. The number of halogens is 2. The summed E-state index contributed by atoms with van der Waals surface area (Å²) in [6.07, 6.45) is 0. The molecule has 0 bridgehead atoms. The number of pyridine rings is 1. The van der Waals surface area contributed by atoms with E-state index in [0.717, 1.165) is 11.3 Å². The van der Waals surface area contributed by atoms with Crippen LogP contribution in [0.15, 0.2) is 24.3 Å². The molecule has 0 spiro atoms. The van der Waals surface area contributed by atoms with Crippen molar-refractivity contribution in [2.75, 3.05) is 0 Å². The van der Waals surface area contributed by atoms with Crippen LogP contribution in [0.25, 0.3) is 0 Å². The molecule has 0 atom stereocenters. The Balaban J connectivity index is 2.21. The highest BCUT2D eigenvalue weighted by molar-refractivity contribution is 6.32. The third-order valence-electron chi connectivity index (χ3n) is 3.01. The normalized spacial score (nSPS) is 10.6. The second-order valence-electron chi connectivity index (χ2n) is 4.56. The molecule has 2 aromatic rings. The second kappa shape index (κ2) is 5.81. The molecular weight excluding hydrogens is 281 g/mol. The minimum absolute atomic E-state index is 0.309. The third kappa shape index (κ3) is 3.40. The summed E-state index contributed by atoms with van der Waals surface area (Å²) in [7, 11) is 0. The molecule has 0 radical (unpaired) electrons. The Morgan fingerprint density at radius 1 is 1.11 bits per heavy atom. The Labute approximate surface area is 123 Å². The molecule has 0 aliphatic carbocycles. The average molecular weight is 296 g/mol. The van der Waals surface area contributed by atoms with Crippen LogP contribution in [0.4, 0.5) is 0 Å². The molecule has 1 heterocycles. The zero-order chi connectivity index (χ0) is 14.0. The van der Waals surface area contributed by atoms with Gasteiger partial charge in [0.05, 0.1) is 10.7 Å². The van der Waals surface area contributed by atoms with E-state index in [1.807, 2.05) is 19.9 Å². The molecule has 0 fully saturated rings. The molecule has 0 N–H and O–H groups in total. The fraction of sp³-hybridized carbons (Fsp3) is 0.267. The smallest absolute Gasteiger partial charge is 0.132 e. The van der Waals surface area contributed by atoms with Crippen molar-refractivity contribution in [3.8, 4) is 5.75 Å². The van der Waals surface area contributed by atoms with Gasteiger partial charge in [0.2, 0.25) is 0 Å². The fourth-order valence-corrected chi connectivity index (χ4v) is 2.18. The first-order chi connectivity index (χ1) is 8.97. The summed E-state index contributed by atoms with van der Waals surface area (Å²) < 4.78 is 5.81. The molecule has 1 aromatic heterocycles. The predicted octanol–water partition coefficient (Wildman–Crippen LogP) is 4.89. The van der Waals surface area contributed by atoms with E-state index in [2.05, 4.69) is 18.0 Å². The summed E-state index contributed by atoms with van der Waals surface area (Å²) in [5.41, 5.74) is 4.15. The molecule has 0 amide bonds. The first-order valence-corrected chi connectivity index (χ1v) is 6.74. The summed E-state index contributed by atoms with van der Waals surface area (Å²) in [4.78, 5) is 4.17. The van der Waals surface area contributed by atoms with Crippen LogP contribution < -0.4 is 4.74 Å². The van der Waals surface area contributed by atoms with Gasteiger partial charge in [0.25, 0.3) is 0 Å². The highest BCUT2D eigenvalue weighted by atomic mass is 35.5. The maximum absolute atomic E-state index is 6.06. The van der Waals surface area contributed by atoms with Gasteiger partial charge in [-0.15, -0.1) is 0 Å². The van der Waals surface area contributed by atoms with E-state index in [1.165, 1.54) is 11.1 Å². The van der Waals surface area contributed by atoms with Crippen molar-refractivity contribution in [2.45, 2.75) is 27.4 Å². The van der Waals surface area contributed by atoms with Crippen molar-refractivity contribution in [3.63, 3.8) is 0 Å². The van der Waals surface area contributed by atoms with Gasteiger partial charge >= 0.3 is 0 Å². The van der Waals surface area contributed by atoms with Gasteiger partial charge in [0, 0.05) is 0 Å². The van der Waals surface area contributed by atoms with E-state index in [9.17, 15) is 0 Å². The lowest BCUT2D eigenvalue weighted by Crippen LogP contribution is -2.01. The Bertz CT molecular complexity index is 611. The zero-order valence-electron chi connectivity index (χ0n) is 11.1. The van der Waals surface area contributed by atoms with Gasteiger partial charge in [-0.3, -0.25) is 0 Å². The van der Waals surface area contributed by atoms with Crippen LogP contribution >= 0.6 is 23.2 Å².